The minimum atomic E-state index is -3.63. The molecule has 11 heteroatoms. The number of ether oxygens (including phenoxy) is 5. The molecule has 0 fully saturated rings. The molecule has 0 unspecified atom stereocenters. The van der Waals surface area contributed by atoms with Crippen molar-refractivity contribution in [2.24, 2.45) is 0 Å². The number of rotatable bonds is 15. The fraction of sp³-hybridized carbons (Fsp3) is 0.500. The van der Waals surface area contributed by atoms with Crippen LogP contribution >= 0.6 is 0 Å². The van der Waals surface area contributed by atoms with Crippen LogP contribution in [0.15, 0.2) is 24.3 Å². The summed E-state index contributed by atoms with van der Waals surface area (Å²) in [5, 5.41) is 0. The molecule has 0 saturated carbocycles. The third-order valence-corrected chi connectivity index (χ3v) is 4.59. The van der Waals surface area contributed by atoms with E-state index in [4.69, 9.17) is 23.7 Å². The highest BCUT2D eigenvalue weighted by Gasteiger charge is 2.30. The van der Waals surface area contributed by atoms with E-state index in [1.807, 2.05) is 0 Å². The van der Waals surface area contributed by atoms with Gasteiger partial charge in [-0.15, -0.1) is 0 Å². The standard InChI is InChI=1S/C20H27NO9S/c1-26-6-7-27-8-9-28-10-11-29-12-13-30-18-14-17(22)20(23)19-15(18)4-3-5-16(19)21-31(2,24)25/h3-5,14,21H,6-13H2,1-2H3. The van der Waals surface area contributed by atoms with E-state index in [-0.39, 0.29) is 30.2 Å². The molecular formula is C20H27NO9S. The summed E-state index contributed by atoms with van der Waals surface area (Å²) >= 11 is 0. The van der Waals surface area contributed by atoms with Crippen LogP contribution in [0.1, 0.15) is 15.9 Å². The van der Waals surface area contributed by atoms with E-state index >= 15 is 0 Å². The lowest BCUT2D eigenvalue weighted by atomic mass is 9.92. The number of carbonyl (C=O) groups is 2. The number of anilines is 1. The summed E-state index contributed by atoms with van der Waals surface area (Å²) in [6.45, 7) is 3.12. The zero-order valence-corrected chi connectivity index (χ0v) is 18.4. The molecule has 0 saturated heterocycles. The average Bonchev–Trinajstić information content (AvgIpc) is 2.71. The molecule has 10 nitrogen and oxygen atoms in total. The second-order valence-corrected chi connectivity index (χ2v) is 8.23. The number of ketones is 2. The number of methoxy groups -OCH3 is 1. The Bertz CT molecular complexity index is 896. The predicted molar refractivity (Wildman–Crippen MR) is 113 cm³/mol. The molecule has 0 aliphatic heterocycles. The van der Waals surface area contributed by atoms with Crippen LogP contribution in [0.3, 0.4) is 0 Å². The van der Waals surface area contributed by atoms with Gasteiger partial charge in [-0.3, -0.25) is 14.3 Å². The van der Waals surface area contributed by atoms with Crippen LogP contribution in [-0.4, -0.2) is 86.2 Å². The van der Waals surface area contributed by atoms with Crippen molar-refractivity contribution in [3.05, 3.63) is 35.4 Å². The Balaban J connectivity index is 1.78. The molecule has 0 amide bonds. The first-order chi connectivity index (χ1) is 14.8. The van der Waals surface area contributed by atoms with E-state index in [1.54, 1.807) is 19.2 Å². The third kappa shape index (κ3) is 8.38. The minimum absolute atomic E-state index is 0.0301. The first kappa shape index (κ1) is 25.0. The molecule has 0 spiro atoms. The molecule has 1 N–H and O–H groups in total. The summed E-state index contributed by atoms with van der Waals surface area (Å²) in [5.74, 6) is -1.40. The number of hydrogen-bond donors (Lipinski definition) is 1. The van der Waals surface area contributed by atoms with Crippen molar-refractivity contribution in [2.75, 3.05) is 70.9 Å². The highest BCUT2D eigenvalue weighted by molar-refractivity contribution is 7.92. The van der Waals surface area contributed by atoms with Gasteiger partial charge in [-0.25, -0.2) is 8.42 Å². The number of Topliss-reactive ketones (excluding diaryl/α,β-unsaturated/α-hetero) is 1. The molecular weight excluding hydrogens is 430 g/mol. The number of fused-ring (bicyclic) bond motifs is 1. The van der Waals surface area contributed by atoms with Gasteiger partial charge >= 0.3 is 0 Å². The Kier molecular flexibility index (Phi) is 10.1. The molecule has 31 heavy (non-hydrogen) atoms. The van der Waals surface area contributed by atoms with Crippen molar-refractivity contribution >= 4 is 33.0 Å². The number of hydrogen-bond acceptors (Lipinski definition) is 9. The zero-order valence-electron chi connectivity index (χ0n) is 17.5. The van der Waals surface area contributed by atoms with Gasteiger partial charge in [-0.2, -0.15) is 0 Å². The van der Waals surface area contributed by atoms with Crippen molar-refractivity contribution in [3.63, 3.8) is 0 Å². The van der Waals surface area contributed by atoms with Crippen LogP contribution in [0.25, 0.3) is 5.76 Å². The zero-order chi connectivity index (χ0) is 22.7. The van der Waals surface area contributed by atoms with Gasteiger partial charge in [0.15, 0.2) is 0 Å². The Hall–Kier alpha value is -2.31. The molecule has 1 aliphatic rings. The number of sulfonamides is 1. The van der Waals surface area contributed by atoms with Crippen molar-refractivity contribution in [1.82, 2.24) is 0 Å². The van der Waals surface area contributed by atoms with Crippen molar-refractivity contribution in [1.29, 1.82) is 0 Å². The van der Waals surface area contributed by atoms with Gasteiger partial charge in [0.2, 0.25) is 21.6 Å². The summed E-state index contributed by atoms with van der Waals surface area (Å²) in [5.41, 5.74) is 0.347. The molecule has 0 atom stereocenters. The van der Waals surface area contributed by atoms with Crippen LogP contribution in [0, 0.1) is 0 Å². The highest BCUT2D eigenvalue weighted by atomic mass is 32.2. The van der Waals surface area contributed by atoms with Crippen molar-refractivity contribution in [3.8, 4) is 0 Å². The lowest BCUT2D eigenvalue weighted by Gasteiger charge is -2.20. The molecule has 1 aromatic rings. The third-order valence-electron chi connectivity index (χ3n) is 4.00. The largest absolute Gasteiger partial charge is 0.490 e. The molecule has 0 heterocycles. The maximum atomic E-state index is 12.3. The summed E-state index contributed by atoms with van der Waals surface area (Å²) in [7, 11) is -2.02. The first-order valence-corrected chi connectivity index (χ1v) is 11.5. The maximum Gasteiger partial charge on any atom is 0.235 e. The predicted octanol–water partition coefficient (Wildman–Crippen LogP) is 0.877. The van der Waals surface area contributed by atoms with E-state index in [2.05, 4.69) is 4.72 Å². The highest BCUT2D eigenvalue weighted by Crippen LogP contribution is 2.31. The van der Waals surface area contributed by atoms with Gasteiger partial charge in [0.25, 0.3) is 0 Å². The molecule has 0 aromatic heterocycles. The van der Waals surface area contributed by atoms with Gasteiger partial charge in [-0.05, 0) is 6.07 Å². The van der Waals surface area contributed by atoms with E-state index in [1.165, 1.54) is 6.07 Å². The Labute approximate surface area is 181 Å². The Morgan fingerprint density at radius 1 is 0.871 bits per heavy atom. The van der Waals surface area contributed by atoms with Crippen LogP contribution in [0.2, 0.25) is 0 Å². The van der Waals surface area contributed by atoms with Crippen LogP contribution in [-0.2, 0) is 38.5 Å². The molecule has 172 valence electrons. The summed E-state index contributed by atoms with van der Waals surface area (Å²) < 4.78 is 51.9. The minimum Gasteiger partial charge on any atom is -0.490 e. The first-order valence-electron chi connectivity index (χ1n) is 9.60. The van der Waals surface area contributed by atoms with E-state index < -0.39 is 21.6 Å². The number of carbonyl (C=O) groups excluding carboxylic acids is 2. The van der Waals surface area contributed by atoms with Gasteiger partial charge in [0, 0.05) is 18.7 Å². The van der Waals surface area contributed by atoms with Gasteiger partial charge < -0.3 is 23.7 Å². The fourth-order valence-electron chi connectivity index (χ4n) is 2.69. The Morgan fingerprint density at radius 3 is 2.03 bits per heavy atom. The summed E-state index contributed by atoms with van der Waals surface area (Å²) in [6, 6.07) is 4.57. The lowest BCUT2D eigenvalue weighted by Crippen LogP contribution is -2.23. The van der Waals surface area contributed by atoms with Gasteiger partial charge in [-0.1, -0.05) is 12.1 Å². The molecule has 0 radical (unpaired) electrons. The topological polar surface area (TPSA) is 126 Å². The fourth-order valence-corrected chi connectivity index (χ4v) is 3.26. The summed E-state index contributed by atoms with van der Waals surface area (Å²) in [4.78, 5) is 24.4. The normalized spacial score (nSPS) is 13.7. The van der Waals surface area contributed by atoms with E-state index in [9.17, 15) is 18.0 Å². The van der Waals surface area contributed by atoms with Crippen molar-refractivity contribution in [2.45, 2.75) is 0 Å². The Morgan fingerprint density at radius 2 is 1.45 bits per heavy atom. The molecule has 1 aromatic carbocycles. The quantitative estimate of drug-likeness (QED) is 0.302. The SMILES string of the molecule is COCCOCCOCCOCCOC1=CC(=O)C(=O)c2c(NS(C)(=O)=O)cccc21. The number of benzene rings is 1. The average molecular weight is 458 g/mol. The van der Waals surface area contributed by atoms with E-state index in [0.717, 1.165) is 12.3 Å². The second kappa shape index (κ2) is 12.5. The molecule has 2 rings (SSSR count). The van der Waals surface area contributed by atoms with Gasteiger partial charge in [0.05, 0.1) is 63.8 Å². The molecule has 0 bridgehead atoms. The smallest absolute Gasteiger partial charge is 0.235 e. The number of allylic oxidation sites excluding steroid dienone is 1. The number of nitrogens with one attached hydrogen (secondary N) is 1. The lowest BCUT2D eigenvalue weighted by molar-refractivity contribution is -0.111. The molecule has 1 aliphatic carbocycles. The second-order valence-electron chi connectivity index (χ2n) is 6.48. The monoisotopic (exact) mass is 457 g/mol. The van der Waals surface area contributed by atoms with Gasteiger partial charge in [0.1, 0.15) is 12.4 Å². The van der Waals surface area contributed by atoms with Crippen LogP contribution in [0.5, 0.6) is 0 Å². The summed E-state index contributed by atoms with van der Waals surface area (Å²) in [6.07, 6.45) is 2.06. The van der Waals surface area contributed by atoms with Crippen LogP contribution < -0.4 is 4.72 Å². The van der Waals surface area contributed by atoms with E-state index in [0.29, 0.717) is 45.2 Å². The van der Waals surface area contributed by atoms with Crippen molar-refractivity contribution < 1.29 is 41.7 Å². The maximum absolute atomic E-state index is 12.3. The van der Waals surface area contributed by atoms with Crippen LogP contribution in [0.4, 0.5) is 5.69 Å².